The van der Waals surface area contributed by atoms with Crippen molar-refractivity contribution in [3.63, 3.8) is 0 Å². The molecule has 4 aromatic carbocycles. The van der Waals surface area contributed by atoms with Crippen LogP contribution in [0, 0.1) is 0 Å². The molecule has 0 fully saturated rings. The normalized spacial score (nSPS) is 12.1. The van der Waals surface area contributed by atoms with Gasteiger partial charge in [-0.3, -0.25) is 9.59 Å². The molecule has 0 aliphatic heterocycles. The SMILES string of the molecule is O=C(O)COc1c2cccc1Cc1cccc(c1OCC(=O)O)Cc1cccc(c1OCC(=O)NCC(=O)NC(CO)(CO)CO)Cc1cccc(c1OCC(=O)O)C2. The average Bonchev–Trinajstić information content (AvgIpc) is 3.20. The second-order valence-corrected chi connectivity index (χ2v) is 13.7. The molecule has 312 valence electrons. The minimum absolute atomic E-state index is 0.104. The number of ether oxygens (including phenoxy) is 4. The second-order valence-electron chi connectivity index (χ2n) is 13.7. The molecular weight excluding hydrogens is 772 g/mol. The van der Waals surface area contributed by atoms with E-state index in [4.69, 9.17) is 18.9 Å². The van der Waals surface area contributed by atoms with Crippen molar-refractivity contribution in [2.24, 2.45) is 0 Å². The zero-order chi connectivity index (χ0) is 42.5. The number of carboxylic acids is 3. The van der Waals surface area contributed by atoms with E-state index in [9.17, 15) is 54.6 Å². The summed E-state index contributed by atoms with van der Waals surface area (Å²) in [6.07, 6.45) is 0.459. The van der Waals surface area contributed by atoms with Gasteiger partial charge in [-0.05, 0) is 44.5 Å². The van der Waals surface area contributed by atoms with E-state index in [1.807, 2.05) is 0 Å². The van der Waals surface area contributed by atoms with Crippen LogP contribution in [0.1, 0.15) is 44.5 Å². The van der Waals surface area contributed by atoms with Crippen LogP contribution in [-0.4, -0.2) is 119 Å². The fourth-order valence-electron chi connectivity index (χ4n) is 6.61. The number of fused-ring (bicyclic) bond motifs is 8. The van der Waals surface area contributed by atoms with E-state index in [1.165, 1.54) is 0 Å². The maximum absolute atomic E-state index is 13.1. The molecule has 4 aromatic rings. The monoisotopic (exact) mass is 816 g/mol. The van der Waals surface area contributed by atoms with Crippen molar-refractivity contribution in [2.75, 3.05) is 52.8 Å². The van der Waals surface area contributed by atoms with Crippen LogP contribution in [0.3, 0.4) is 0 Å². The zero-order valence-electron chi connectivity index (χ0n) is 31.8. The van der Waals surface area contributed by atoms with Crippen molar-refractivity contribution in [1.82, 2.24) is 10.6 Å². The van der Waals surface area contributed by atoms with Gasteiger partial charge in [0.05, 0.1) is 26.4 Å². The van der Waals surface area contributed by atoms with Crippen LogP contribution in [-0.2, 0) is 49.7 Å². The molecule has 1 aliphatic carbocycles. The van der Waals surface area contributed by atoms with E-state index >= 15 is 0 Å². The summed E-state index contributed by atoms with van der Waals surface area (Å²) in [5.74, 6) is -4.10. The third kappa shape index (κ3) is 11.5. The number of hydrogen-bond acceptors (Lipinski definition) is 12. The molecule has 17 heteroatoms. The van der Waals surface area contributed by atoms with Gasteiger partial charge in [-0.1, -0.05) is 72.8 Å². The second kappa shape index (κ2) is 20.1. The van der Waals surface area contributed by atoms with E-state index in [2.05, 4.69) is 10.6 Å². The highest BCUT2D eigenvalue weighted by molar-refractivity contribution is 5.85. The molecule has 17 nitrogen and oxygen atoms in total. The first-order valence-corrected chi connectivity index (χ1v) is 18.3. The molecular formula is C42H44N2O15. The number of rotatable bonds is 18. The zero-order valence-corrected chi connectivity index (χ0v) is 31.8. The van der Waals surface area contributed by atoms with Crippen LogP contribution in [0.2, 0.25) is 0 Å². The number of carbonyl (C=O) groups excluding carboxylic acids is 2. The Morgan fingerprint density at radius 3 is 0.983 bits per heavy atom. The third-order valence-corrected chi connectivity index (χ3v) is 9.36. The van der Waals surface area contributed by atoms with E-state index < -0.39 is 88.1 Å². The van der Waals surface area contributed by atoms with Gasteiger partial charge in [-0.2, -0.15) is 0 Å². The number of para-hydroxylation sites is 4. The topological polar surface area (TPSA) is 268 Å². The number of hydrogen-bond donors (Lipinski definition) is 8. The van der Waals surface area contributed by atoms with Gasteiger partial charge in [0.2, 0.25) is 5.91 Å². The summed E-state index contributed by atoms with van der Waals surface area (Å²) >= 11 is 0. The summed E-state index contributed by atoms with van der Waals surface area (Å²) in [6.45, 7) is -5.42. The Kier molecular flexibility index (Phi) is 14.8. The van der Waals surface area contributed by atoms with E-state index in [-0.39, 0.29) is 48.7 Å². The molecule has 0 spiro atoms. The van der Waals surface area contributed by atoms with Gasteiger partial charge < -0.3 is 60.2 Å². The first kappa shape index (κ1) is 43.4. The lowest BCUT2D eigenvalue weighted by Crippen LogP contribution is -2.58. The number of carbonyl (C=O) groups is 5. The van der Waals surface area contributed by atoms with Crippen LogP contribution < -0.4 is 29.6 Å². The summed E-state index contributed by atoms with van der Waals surface area (Å²) in [4.78, 5) is 60.8. The Bertz CT molecular complexity index is 2060. The molecule has 0 saturated heterocycles. The molecule has 0 heterocycles. The summed E-state index contributed by atoms with van der Waals surface area (Å²) < 4.78 is 23.9. The van der Waals surface area contributed by atoms with Crippen LogP contribution in [0.25, 0.3) is 0 Å². The van der Waals surface area contributed by atoms with E-state index in [0.717, 1.165) is 0 Å². The predicted octanol–water partition coefficient (Wildman–Crippen LogP) is 1.08. The molecule has 0 unspecified atom stereocenters. The molecule has 0 radical (unpaired) electrons. The predicted molar refractivity (Wildman–Crippen MR) is 207 cm³/mol. The smallest absolute Gasteiger partial charge is 0.341 e. The highest BCUT2D eigenvalue weighted by atomic mass is 16.5. The van der Waals surface area contributed by atoms with Gasteiger partial charge in [0.1, 0.15) is 28.5 Å². The minimum atomic E-state index is -1.70. The van der Waals surface area contributed by atoms with Crippen LogP contribution in [0.15, 0.2) is 72.8 Å². The molecule has 1 aliphatic rings. The molecule has 8 bridgehead atoms. The van der Waals surface area contributed by atoms with E-state index in [1.54, 1.807) is 72.8 Å². The average molecular weight is 817 g/mol. The lowest BCUT2D eigenvalue weighted by Gasteiger charge is -2.28. The maximum atomic E-state index is 13.1. The standard InChI is InChI=1S/C42H44N2O15/c45-22-42(23-46,24-47)44-33(48)17-43-34(49)18-56-38-25-5-1-6-26(38)14-28-8-3-10-30(40(28)58-20-36(52)53)16-32-12-4-11-31(41(32)59-21-37(54)55)15-29-9-2-7-27(13-25)39(29)57-19-35(50)51/h1-12,45-47H,13-24H2,(H,43,49)(H,44,48)(H,50,51)(H,52,53)(H,54,55). The Morgan fingerprint density at radius 2 is 0.729 bits per heavy atom. The van der Waals surface area contributed by atoms with Crippen LogP contribution >= 0.6 is 0 Å². The maximum Gasteiger partial charge on any atom is 0.341 e. The highest BCUT2D eigenvalue weighted by Crippen LogP contribution is 2.39. The number of aliphatic hydroxyl groups is 3. The Labute approximate surface area is 337 Å². The highest BCUT2D eigenvalue weighted by Gasteiger charge is 2.30. The van der Waals surface area contributed by atoms with Gasteiger partial charge in [-0.15, -0.1) is 0 Å². The number of amides is 2. The molecule has 0 saturated carbocycles. The van der Waals surface area contributed by atoms with Gasteiger partial charge >= 0.3 is 17.9 Å². The van der Waals surface area contributed by atoms with Gasteiger partial charge in [0, 0.05) is 25.7 Å². The number of benzene rings is 4. The Morgan fingerprint density at radius 1 is 0.458 bits per heavy atom. The molecule has 0 atom stereocenters. The number of aliphatic hydroxyl groups excluding tert-OH is 3. The summed E-state index contributed by atoms with van der Waals surface area (Å²) in [6, 6.07) is 21.1. The number of carboxylic acid groups (broad SMARTS) is 3. The van der Waals surface area contributed by atoms with Crippen molar-refractivity contribution in [3.8, 4) is 23.0 Å². The van der Waals surface area contributed by atoms with Gasteiger partial charge in [-0.25, -0.2) is 14.4 Å². The first-order valence-electron chi connectivity index (χ1n) is 18.3. The number of aliphatic carboxylic acids is 3. The van der Waals surface area contributed by atoms with Gasteiger partial charge in [0.25, 0.3) is 5.91 Å². The minimum Gasteiger partial charge on any atom is -0.483 e. The quantitative estimate of drug-likeness (QED) is 0.0615. The van der Waals surface area contributed by atoms with Crippen molar-refractivity contribution in [3.05, 3.63) is 117 Å². The van der Waals surface area contributed by atoms with Crippen molar-refractivity contribution < 1.29 is 73.6 Å². The lowest BCUT2D eigenvalue weighted by molar-refractivity contribution is -0.140. The first-order chi connectivity index (χ1) is 28.3. The number of nitrogens with one attached hydrogen (secondary N) is 2. The summed E-state index contributed by atoms with van der Waals surface area (Å²) in [7, 11) is 0. The van der Waals surface area contributed by atoms with Crippen molar-refractivity contribution in [1.29, 1.82) is 0 Å². The Hall–Kier alpha value is -6.69. The Balaban J connectivity index is 1.61. The van der Waals surface area contributed by atoms with E-state index in [0.29, 0.717) is 44.5 Å². The molecule has 5 rings (SSSR count). The van der Waals surface area contributed by atoms with Gasteiger partial charge in [0.15, 0.2) is 26.4 Å². The van der Waals surface area contributed by atoms with Crippen LogP contribution in [0.5, 0.6) is 23.0 Å². The molecule has 0 aromatic heterocycles. The lowest BCUT2D eigenvalue weighted by atomic mass is 9.91. The molecule has 59 heavy (non-hydrogen) atoms. The fraction of sp³-hybridized carbons (Fsp3) is 0.310. The van der Waals surface area contributed by atoms with Crippen molar-refractivity contribution >= 4 is 29.7 Å². The molecule has 2 amide bonds. The van der Waals surface area contributed by atoms with Crippen molar-refractivity contribution in [2.45, 2.75) is 31.2 Å². The summed E-state index contributed by atoms with van der Waals surface area (Å²) in [5, 5.41) is 62.1. The summed E-state index contributed by atoms with van der Waals surface area (Å²) in [5.41, 5.74) is 2.76. The fourth-order valence-corrected chi connectivity index (χ4v) is 6.61. The largest absolute Gasteiger partial charge is 0.483 e. The third-order valence-electron chi connectivity index (χ3n) is 9.36. The van der Waals surface area contributed by atoms with Crippen LogP contribution in [0.4, 0.5) is 0 Å². The molecule has 8 N–H and O–H groups in total.